The van der Waals surface area contributed by atoms with E-state index >= 15 is 0 Å². The normalized spacial score (nSPS) is 13.5. The van der Waals surface area contributed by atoms with Gasteiger partial charge in [0, 0.05) is 11.3 Å². The number of rotatable bonds is 6. The van der Waals surface area contributed by atoms with Gasteiger partial charge in [-0.2, -0.15) is 0 Å². The molecule has 1 unspecified atom stereocenters. The van der Waals surface area contributed by atoms with E-state index in [1.54, 1.807) is 0 Å². The summed E-state index contributed by atoms with van der Waals surface area (Å²) in [6.07, 6.45) is 5.76. The van der Waals surface area contributed by atoms with Gasteiger partial charge in [-0.05, 0) is 19.3 Å². The van der Waals surface area contributed by atoms with E-state index in [0.29, 0.717) is 5.38 Å². The molecule has 2 heteroatoms. The van der Waals surface area contributed by atoms with Gasteiger partial charge in [0.2, 0.25) is 0 Å². The van der Waals surface area contributed by atoms with Crippen LogP contribution in [0.4, 0.5) is 0 Å². The number of unbranched alkanes of at least 4 members (excludes halogenated alkanes) is 1. The van der Waals surface area contributed by atoms with Gasteiger partial charge in [0.25, 0.3) is 0 Å². The Morgan fingerprint density at radius 3 is 2.30 bits per heavy atom. The van der Waals surface area contributed by atoms with Gasteiger partial charge in [-0.1, -0.05) is 19.8 Å². The molecular weight excluding hydrogens is 167 g/mol. The highest BCUT2D eigenvalue weighted by Crippen LogP contribution is 2.13. The number of alkyl halides is 2. The van der Waals surface area contributed by atoms with Crippen molar-refractivity contribution in [1.82, 2.24) is 0 Å². The first-order valence-electron chi connectivity index (χ1n) is 4.01. The van der Waals surface area contributed by atoms with Gasteiger partial charge >= 0.3 is 0 Å². The Morgan fingerprint density at radius 2 is 1.80 bits per heavy atom. The second-order valence-corrected chi connectivity index (χ2v) is 3.57. The van der Waals surface area contributed by atoms with E-state index in [9.17, 15) is 0 Å². The van der Waals surface area contributed by atoms with Crippen molar-refractivity contribution in [2.45, 2.75) is 44.4 Å². The van der Waals surface area contributed by atoms with Crippen LogP contribution in [0.3, 0.4) is 0 Å². The molecule has 0 aromatic carbocycles. The van der Waals surface area contributed by atoms with E-state index in [1.165, 1.54) is 12.8 Å². The summed E-state index contributed by atoms with van der Waals surface area (Å²) in [5.74, 6) is 0.745. The molecule has 10 heavy (non-hydrogen) atoms. The number of halogens is 2. The lowest BCUT2D eigenvalue weighted by molar-refractivity contribution is 0.634. The highest BCUT2D eigenvalue weighted by molar-refractivity contribution is 6.20. The minimum absolute atomic E-state index is 0.360. The topological polar surface area (TPSA) is 0 Å². The molecule has 0 bridgehead atoms. The van der Waals surface area contributed by atoms with Crippen LogP contribution in [0.15, 0.2) is 0 Å². The van der Waals surface area contributed by atoms with Gasteiger partial charge in [0.1, 0.15) is 0 Å². The summed E-state index contributed by atoms with van der Waals surface area (Å²) >= 11 is 11.5. The van der Waals surface area contributed by atoms with E-state index in [0.717, 1.165) is 25.1 Å². The molecule has 0 spiro atoms. The largest absolute Gasteiger partial charge is 0.127 e. The summed E-state index contributed by atoms with van der Waals surface area (Å²) in [6.45, 7) is 2.19. The average molecular weight is 183 g/mol. The summed E-state index contributed by atoms with van der Waals surface area (Å²) in [7, 11) is 0. The minimum atomic E-state index is 0.360. The van der Waals surface area contributed by atoms with Crippen LogP contribution in [0, 0.1) is 0 Å². The molecule has 0 aromatic heterocycles. The SMILES string of the molecule is CCCCC(Cl)CCCCl. The highest BCUT2D eigenvalue weighted by atomic mass is 35.5. The van der Waals surface area contributed by atoms with Crippen molar-refractivity contribution in [2.24, 2.45) is 0 Å². The van der Waals surface area contributed by atoms with Gasteiger partial charge in [-0.25, -0.2) is 0 Å². The van der Waals surface area contributed by atoms with Gasteiger partial charge < -0.3 is 0 Å². The summed E-state index contributed by atoms with van der Waals surface area (Å²) in [4.78, 5) is 0. The molecule has 62 valence electrons. The van der Waals surface area contributed by atoms with Gasteiger partial charge in [-0.15, -0.1) is 23.2 Å². The van der Waals surface area contributed by atoms with Crippen LogP contribution in [-0.2, 0) is 0 Å². The van der Waals surface area contributed by atoms with Crippen molar-refractivity contribution < 1.29 is 0 Å². The first-order chi connectivity index (χ1) is 4.81. The fourth-order valence-corrected chi connectivity index (χ4v) is 1.33. The predicted molar refractivity (Wildman–Crippen MR) is 49.1 cm³/mol. The fourth-order valence-electron chi connectivity index (χ4n) is 0.869. The molecule has 1 atom stereocenters. The maximum Gasteiger partial charge on any atom is 0.0336 e. The Balaban J connectivity index is 3.00. The summed E-state index contributed by atoms with van der Waals surface area (Å²) in [6, 6.07) is 0. The van der Waals surface area contributed by atoms with Crippen LogP contribution in [0.1, 0.15) is 39.0 Å². The maximum atomic E-state index is 5.98. The van der Waals surface area contributed by atoms with Crippen molar-refractivity contribution in [3.8, 4) is 0 Å². The molecule has 0 saturated heterocycles. The number of hydrogen-bond acceptors (Lipinski definition) is 0. The minimum Gasteiger partial charge on any atom is -0.127 e. The lowest BCUT2D eigenvalue weighted by atomic mass is 10.1. The van der Waals surface area contributed by atoms with Crippen molar-refractivity contribution in [3.63, 3.8) is 0 Å². The summed E-state index contributed by atoms with van der Waals surface area (Å²) in [5.41, 5.74) is 0. The molecule has 0 rings (SSSR count). The van der Waals surface area contributed by atoms with Crippen molar-refractivity contribution in [2.75, 3.05) is 5.88 Å². The predicted octanol–water partition coefficient (Wildman–Crippen LogP) is 3.80. The average Bonchev–Trinajstić information content (AvgIpc) is 1.97. The van der Waals surface area contributed by atoms with Gasteiger partial charge in [0.15, 0.2) is 0 Å². The van der Waals surface area contributed by atoms with Crippen LogP contribution in [-0.4, -0.2) is 11.3 Å². The molecule has 0 amide bonds. The molecular formula is C8H16Cl2. The molecule has 0 heterocycles. The van der Waals surface area contributed by atoms with E-state index < -0.39 is 0 Å². The third-order valence-electron chi connectivity index (χ3n) is 1.52. The van der Waals surface area contributed by atoms with Crippen molar-refractivity contribution in [3.05, 3.63) is 0 Å². The molecule has 0 N–H and O–H groups in total. The zero-order valence-electron chi connectivity index (χ0n) is 6.58. The van der Waals surface area contributed by atoms with Gasteiger partial charge in [0.05, 0.1) is 0 Å². The monoisotopic (exact) mass is 182 g/mol. The van der Waals surface area contributed by atoms with E-state index in [2.05, 4.69) is 6.92 Å². The van der Waals surface area contributed by atoms with Crippen LogP contribution in [0.5, 0.6) is 0 Å². The first-order valence-corrected chi connectivity index (χ1v) is 4.98. The molecule has 0 aliphatic heterocycles. The lowest BCUT2D eigenvalue weighted by Crippen LogP contribution is -1.97. The standard InChI is InChI=1S/C8H16Cl2/c1-2-3-5-8(10)6-4-7-9/h8H,2-7H2,1H3. The fraction of sp³-hybridized carbons (Fsp3) is 1.00. The number of hydrogen-bond donors (Lipinski definition) is 0. The van der Waals surface area contributed by atoms with Crippen LogP contribution < -0.4 is 0 Å². The van der Waals surface area contributed by atoms with Crippen LogP contribution in [0.2, 0.25) is 0 Å². The zero-order chi connectivity index (χ0) is 7.82. The highest BCUT2D eigenvalue weighted by Gasteiger charge is 2.01. The lowest BCUT2D eigenvalue weighted by Gasteiger charge is -2.05. The summed E-state index contributed by atoms with van der Waals surface area (Å²) < 4.78 is 0. The Bertz CT molecular complexity index is 56.3. The molecule has 0 aromatic rings. The first kappa shape index (κ1) is 10.6. The third kappa shape index (κ3) is 6.70. The second-order valence-electron chi connectivity index (χ2n) is 2.57. The van der Waals surface area contributed by atoms with E-state index in [-0.39, 0.29) is 0 Å². The molecule has 0 fully saturated rings. The van der Waals surface area contributed by atoms with Gasteiger partial charge in [-0.3, -0.25) is 0 Å². The Hall–Kier alpha value is 0.580. The molecule has 0 saturated carbocycles. The molecule has 0 radical (unpaired) electrons. The Kier molecular flexibility index (Phi) is 8.13. The molecule has 0 aliphatic carbocycles. The van der Waals surface area contributed by atoms with E-state index in [1.807, 2.05) is 0 Å². The van der Waals surface area contributed by atoms with E-state index in [4.69, 9.17) is 23.2 Å². The Morgan fingerprint density at radius 1 is 1.20 bits per heavy atom. The van der Waals surface area contributed by atoms with Crippen LogP contribution in [0.25, 0.3) is 0 Å². The molecule has 0 aliphatic rings. The smallest absolute Gasteiger partial charge is 0.0336 e. The quantitative estimate of drug-likeness (QED) is 0.549. The molecule has 0 nitrogen and oxygen atoms in total. The Labute approximate surface area is 73.9 Å². The van der Waals surface area contributed by atoms with Crippen molar-refractivity contribution in [1.29, 1.82) is 0 Å². The zero-order valence-corrected chi connectivity index (χ0v) is 8.09. The van der Waals surface area contributed by atoms with Crippen molar-refractivity contribution >= 4 is 23.2 Å². The third-order valence-corrected chi connectivity index (χ3v) is 2.23. The second kappa shape index (κ2) is 7.68. The maximum absolute atomic E-state index is 5.98. The van der Waals surface area contributed by atoms with Crippen LogP contribution >= 0.6 is 23.2 Å². The summed E-state index contributed by atoms with van der Waals surface area (Å²) in [5, 5.41) is 0.360.